The fraction of sp³-hybridized carbons (Fsp3) is 0.316. The van der Waals surface area contributed by atoms with Crippen molar-refractivity contribution in [3.05, 3.63) is 49.3 Å². The first-order valence-electron chi connectivity index (χ1n) is 9.10. The zero-order chi connectivity index (χ0) is 18.1. The molecule has 0 radical (unpaired) electrons. The standard InChI is InChI=1S/C19H19N7O/c1-2-18(24-26-10-7-21-17(1)26)27-12-14-4-8-25(9-5-14)19-15-3-6-20-11-16(15)22-13-23-19/h1-3,6-7,10-11,13-14H,4-5,8-9,12H2. The van der Waals surface area contributed by atoms with E-state index in [1.54, 1.807) is 29.4 Å². The maximum Gasteiger partial charge on any atom is 0.231 e. The van der Waals surface area contributed by atoms with Crippen molar-refractivity contribution in [1.82, 2.24) is 29.5 Å². The SMILES string of the molecule is c1cc2c(N3CCC(COc4ccc5nccn5n4)CC3)ncnc2cn1. The summed E-state index contributed by atoms with van der Waals surface area (Å²) >= 11 is 0. The summed E-state index contributed by atoms with van der Waals surface area (Å²) < 4.78 is 7.65. The molecule has 5 heterocycles. The molecule has 0 amide bonds. The summed E-state index contributed by atoms with van der Waals surface area (Å²) in [4.78, 5) is 19.5. The van der Waals surface area contributed by atoms with Crippen LogP contribution in [-0.4, -0.2) is 49.2 Å². The van der Waals surface area contributed by atoms with Crippen LogP contribution < -0.4 is 9.64 Å². The predicted octanol–water partition coefficient (Wildman–Crippen LogP) is 2.36. The number of hydrogen-bond donors (Lipinski definition) is 0. The fourth-order valence-corrected chi connectivity index (χ4v) is 3.53. The van der Waals surface area contributed by atoms with Crippen LogP contribution in [0, 0.1) is 5.92 Å². The molecule has 4 aromatic rings. The molecule has 8 heteroatoms. The highest BCUT2D eigenvalue weighted by molar-refractivity contribution is 5.88. The molecule has 0 aliphatic carbocycles. The van der Waals surface area contributed by atoms with Crippen LogP contribution in [0.25, 0.3) is 16.6 Å². The van der Waals surface area contributed by atoms with Gasteiger partial charge in [-0.15, -0.1) is 5.10 Å². The Morgan fingerprint density at radius 3 is 2.89 bits per heavy atom. The molecule has 1 saturated heterocycles. The van der Waals surface area contributed by atoms with Gasteiger partial charge in [0.05, 0.1) is 18.3 Å². The van der Waals surface area contributed by atoms with Crippen molar-refractivity contribution in [2.45, 2.75) is 12.8 Å². The number of hydrogen-bond acceptors (Lipinski definition) is 7. The maximum atomic E-state index is 5.92. The average Bonchev–Trinajstić information content (AvgIpc) is 3.20. The normalized spacial score (nSPS) is 15.5. The molecular formula is C19H19N7O. The molecule has 1 fully saturated rings. The van der Waals surface area contributed by atoms with Crippen molar-refractivity contribution in [3.8, 4) is 5.88 Å². The lowest BCUT2D eigenvalue weighted by atomic mass is 9.97. The summed E-state index contributed by atoms with van der Waals surface area (Å²) in [5.41, 5.74) is 1.71. The van der Waals surface area contributed by atoms with Gasteiger partial charge in [0.2, 0.25) is 5.88 Å². The van der Waals surface area contributed by atoms with E-state index in [9.17, 15) is 0 Å². The molecule has 0 spiro atoms. The highest BCUT2D eigenvalue weighted by Gasteiger charge is 2.22. The number of pyridine rings is 1. The number of anilines is 1. The summed E-state index contributed by atoms with van der Waals surface area (Å²) in [5.74, 6) is 2.14. The van der Waals surface area contributed by atoms with E-state index in [1.807, 2.05) is 24.4 Å². The zero-order valence-corrected chi connectivity index (χ0v) is 14.8. The van der Waals surface area contributed by atoms with Gasteiger partial charge in [0, 0.05) is 43.1 Å². The number of aromatic nitrogens is 6. The molecular weight excluding hydrogens is 342 g/mol. The Morgan fingerprint density at radius 2 is 1.96 bits per heavy atom. The van der Waals surface area contributed by atoms with E-state index in [0.29, 0.717) is 18.4 Å². The minimum Gasteiger partial charge on any atom is -0.476 e. The highest BCUT2D eigenvalue weighted by atomic mass is 16.5. The number of fused-ring (bicyclic) bond motifs is 2. The van der Waals surface area contributed by atoms with E-state index >= 15 is 0 Å². The first-order valence-corrected chi connectivity index (χ1v) is 9.10. The van der Waals surface area contributed by atoms with Crippen LogP contribution >= 0.6 is 0 Å². The number of imidazole rings is 1. The summed E-state index contributed by atoms with van der Waals surface area (Å²) in [6.07, 6.45) is 10.9. The molecule has 1 aliphatic rings. The zero-order valence-electron chi connectivity index (χ0n) is 14.8. The molecule has 0 saturated carbocycles. The van der Waals surface area contributed by atoms with Gasteiger partial charge < -0.3 is 9.64 Å². The van der Waals surface area contributed by atoms with Crippen LogP contribution in [0.5, 0.6) is 5.88 Å². The summed E-state index contributed by atoms with van der Waals surface area (Å²) in [7, 11) is 0. The quantitative estimate of drug-likeness (QED) is 0.552. The number of nitrogens with zero attached hydrogens (tertiary/aromatic N) is 7. The molecule has 1 aliphatic heterocycles. The van der Waals surface area contributed by atoms with Gasteiger partial charge in [-0.3, -0.25) is 4.98 Å². The number of rotatable bonds is 4. The van der Waals surface area contributed by atoms with E-state index in [-0.39, 0.29) is 0 Å². The molecule has 0 unspecified atom stereocenters. The number of ether oxygens (including phenoxy) is 1. The lowest BCUT2D eigenvalue weighted by Crippen LogP contribution is -2.36. The molecule has 4 aromatic heterocycles. The van der Waals surface area contributed by atoms with Crippen LogP contribution in [0.1, 0.15) is 12.8 Å². The van der Waals surface area contributed by atoms with Gasteiger partial charge in [-0.2, -0.15) is 0 Å². The van der Waals surface area contributed by atoms with Gasteiger partial charge in [0.25, 0.3) is 0 Å². The third-order valence-electron chi connectivity index (χ3n) is 5.03. The van der Waals surface area contributed by atoms with Gasteiger partial charge in [0.15, 0.2) is 5.65 Å². The average molecular weight is 361 g/mol. The van der Waals surface area contributed by atoms with Crippen molar-refractivity contribution < 1.29 is 4.74 Å². The van der Waals surface area contributed by atoms with Gasteiger partial charge in [-0.05, 0) is 30.9 Å². The van der Waals surface area contributed by atoms with Gasteiger partial charge >= 0.3 is 0 Å². The molecule has 8 nitrogen and oxygen atoms in total. The molecule has 136 valence electrons. The third kappa shape index (κ3) is 3.14. The molecule has 0 atom stereocenters. The first-order chi connectivity index (χ1) is 13.4. The van der Waals surface area contributed by atoms with Crippen molar-refractivity contribution in [1.29, 1.82) is 0 Å². The van der Waals surface area contributed by atoms with Crippen molar-refractivity contribution in [2.24, 2.45) is 5.92 Å². The first kappa shape index (κ1) is 15.9. The second-order valence-corrected chi connectivity index (χ2v) is 6.73. The minimum atomic E-state index is 0.510. The van der Waals surface area contributed by atoms with E-state index in [4.69, 9.17) is 4.74 Å². The van der Waals surface area contributed by atoms with Crippen molar-refractivity contribution in [3.63, 3.8) is 0 Å². The molecule has 0 N–H and O–H groups in total. The Kier molecular flexibility index (Phi) is 4.00. The Labute approximate surface area is 155 Å². The van der Waals surface area contributed by atoms with Gasteiger partial charge in [-0.1, -0.05) is 0 Å². The largest absolute Gasteiger partial charge is 0.476 e. The number of piperidine rings is 1. The Morgan fingerprint density at radius 1 is 1.04 bits per heavy atom. The highest BCUT2D eigenvalue weighted by Crippen LogP contribution is 2.27. The van der Waals surface area contributed by atoms with Gasteiger partial charge in [-0.25, -0.2) is 19.5 Å². The van der Waals surface area contributed by atoms with Crippen LogP contribution in [-0.2, 0) is 0 Å². The Balaban J connectivity index is 1.22. The van der Waals surface area contributed by atoms with Crippen LogP contribution in [0.2, 0.25) is 0 Å². The van der Waals surface area contributed by atoms with E-state index in [1.165, 1.54) is 0 Å². The smallest absolute Gasteiger partial charge is 0.231 e. The van der Waals surface area contributed by atoms with Crippen molar-refractivity contribution >= 4 is 22.4 Å². The minimum absolute atomic E-state index is 0.510. The summed E-state index contributed by atoms with van der Waals surface area (Å²) in [6.45, 7) is 2.59. The van der Waals surface area contributed by atoms with E-state index < -0.39 is 0 Å². The summed E-state index contributed by atoms with van der Waals surface area (Å²) in [5, 5.41) is 5.47. The topological polar surface area (TPSA) is 81.3 Å². The molecule has 27 heavy (non-hydrogen) atoms. The van der Waals surface area contributed by atoms with Crippen molar-refractivity contribution in [2.75, 3.05) is 24.6 Å². The Bertz CT molecular complexity index is 1070. The van der Waals surface area contributed by atoms with Crippen LogP contribution in [0.4, 0.5) is 5.82 Å². The van der Waals surface area contributed by atoms with Gasteiger partial charge in [0.1, 0.15) is 12.1 Å². The second kappa shape index (κ2) is 6.79. The monoisotopic (exact) mass is 361 g/mol. The van der Waals surface area contributed by atoms with Crippen LogP contribution in [0.3, 0.4) is 0 Å². The molecule has 0 aromatic carbocycles. The van der Waals surface area contributed by atoms with E-state index in [0.717, 1.165) is 48.3 Å². The second-order valence-electron chi connectivity index (χ2n) is 6.73. The molecule has 5 rings (SSSR count). The fourth-order valence-electron chi connectivity index (χ4n) is 3.53. The van der Waals surface area contributed by atoms with E-state index in [2.05, 4.69) is 29.9 Å². The summed E-state index contributed by atoms with van der Waals surface area (Å²) in [6, 6.07) is 5.77. The molecule has 0 bridgehead atoms. The van der Waals surface area contributed by atoms with Crippen LogP contribution in [0.15, 0.2) is 49.3 Å². The third-order valence-corrected chi connectivity index (χ3v) is 5.03. The predicted molar refractivity (Wildman–Crippen MR) is 101 cm³/mol. The lowest BCUT2D eigenvalue weighted by Gasteiger charge is -2.33. The lowest BCUT2D eigenvalue weighted by molar-refractivity contribution is 0.213. The maximum absolute atomic E-state index is 5.92. The Hall–Kier alpha value is -3.29.